The smallest absolute Gasteiger partial charge is 0.251 e. The summed E-state index contributed by atoms with van der Waals surface area (Å²) < 4.78 is 0. The Labute approximate surface area is 134 Å². The highest BCUT2D eigenvalue weighted by molar-refractivity contribution is 5.95. The van der Waals surface area contributed by atoms with Crippen molar-refractivity contribution < 1.29 is 4.79 Å². The van der Waals surface area contributed by atoms with E-state index in [1.54, 1.807) is 0 Å². The van der Waals surface area contributed by atoms with Crippen molar-refractivity contribution in [3.05, 3.63) is 29.8 Å². The van der Waals surface area contributed by atoms with Crippen LogP contribution in [-0.4, -0.2) is 50.1 Å². The second-order valence-corrected chi connectivity index (χ2v) is 6.99. The number of piperidine rings is 1. The molecule has 0 bridgehead atoms. The molecule has 0 saturated carbocycles. The van der Waals surface area contributed by atoms with Gasteiger partial charge in [0.2, 0.25) is 0 Å². The molecular weight excluding hydrogens is 274 g/mol. The maximum atomic E-state index is 12.4. The Kier molecular flexibility index (Phi) is 5.46. The summed E-state index contributed by atoms with van der Waals surface area (Å²) in [4.78, 5) is 16.9. The summed E-state index contributed by atoms with van der Waals surface area (Å²) in [5.74, 6) is 0.00813. The van der Waals surface area contributed by atoms with Crippen molar-refractivity contribution in [2.75, 3.05) is 38.6 Å². The fraction of sp³-hybridized carbons (Fsp3) is 0.611. The number of benzene rings is 1. The SMILES string of the molecule is CN(C)c1cccc(C(=O)NCC(C)(C)N2CCCCC2)c1. The molecule has 1 heterocycles. The second kappa shape index (κ2) is 7.14. The van der Waals surface area contributed by atoms with E-state index >= 15 is 0 Å². The molecule has 1 aliphatic rings. The molecule has 0 atom stereocenters. The summed E-state index contributed by atoms with van der Waals surface area (Å²) in [6.45, 7) is 7.39. The van der Waals surface area contributed by atoms with Crippen LogP contribution >= 0.6 is 0 Å². The number of carbonyl (C=O) groups excluding carboxylic acids is 1. The van der Waals surface area contributed by atoms with Crippen molar-refractivity contribution >= 4 is 11.6 Å². The van der Waals surface area contributed by atoms with Crippen LogP contribution in [0, 0.1) is 0 Å². The van der Waals surface area contributed by atoms with Gasteiger partial charge in [-0.2, -0.15) is 0 Å². The minimum atomic E-state index is 0.00813. The first kappa shape index (κ1) is 16.8. The van der Waals surface area contributed by atoms with Gasteiger partial charge in [-0.1, -0.05) is 12.5 Å². The van der Waals surface area contributed by atoms with E-state index < -0.39 is 0 Å². The molecule has 0 unspecified atom stereocenters. The van der Waals surface area contributed by atoms with Crippen LogP contribution < -0.4 is 10.2 Å². The molecule has 4 heteroatoms. The van der Waals surface area contributed by atoms with E-state index in [9.17, 15) is 4.79 Å². The maximum absolute atomic E-state index is 12.4. The topological polar surface area (TPSA) is 35.6 Å². The van der Waals surface area contributed by atoms with Crippen LogP contribution in [0.4, 0.5) is 5.69 Å². The highest BCUT2D eigenvalue weighted by atomic mass is 16.1. The molecule has 0 spiro atoms. The monoisotopic (exact) mass is 303 g/mol. The van der Waals surface area contributed by atoms with Gasteiger partial charge in [-0.3, -0.25) is 9.69 Å². The molecule has 122 valence electrons. The predicted molar refractivity (Wildman–Crippen MR) is 92.6 cm³/mol. The van der Waals surface area contributed by atoms with Gasteiger partial charge in [-0.15, -0.1) is 0 Å². The third-order valence-electron chi connectivity index (χ3n) is 4.52. The molecule has 0 aromatic heterocycles. The lowest BCUT2D eigenvalue weighted by molar-refractivity contribution is 0.0797. The molecule has 0 aliphatic carbocycles. The Morgan fingerprint density at radius 2 is 1.91 bits per heavy atom. The van der Waals surface area contributed by atoms with Crippen LogP contribution in [0.15, 0.2) is 24.3 Å². The molecule has 1 saturated heterocycles. The van der Waals surface area contributed by atoms with Gasteiger partial charge in [-0.25, -0.2) is 0 Å². The van der Waals surface area contributed by atoms with E-state index in [0.29, 0.717) is 6.54 Å². The molecule has 1 aromatic rings. The number of carbonyl (C=O) groups is 1. The van der Waals surface area contributed by atoms with Gasteiger partial charge in [0.25, 0.3) is 5.91 Å². The zero-order chi connectivity index (χ0) is 16.2. The number of hydrogen-bond donors (Lipinski definition) is 1. The highest BCUT2D eigenvalue weighted by Gasteiger charge is 2.28. The van der Waals surface area contributed by atoms with Crippen molar-refractivity contribution in [2.24, 2.45) is 0 Å². The van der Waals surface area contributed by atoms with Gasteiger partial charge in [0.15, 0.2) is 0 Å². The van der Waals surface area contributed by atoms with E-state index in [1.165, 1.54) is 19.3 Å². The van der Waals surface area contributed by atoms with Gasteiger partial charge < -0.3 is 10.2 Å². The molecular formula is C18H29N3O. The quantitative estimate of drug-likeness (QED) is 0.908. The second-order valence-electron chi connectivity index (χ2n) is 6.99. The minimum Gasteiger partial charge on any atom is -0.378 e. The summed E-state index contributed by atoms with van der Waals surface area (Å²) in [6.07, 6.45) is 3.86. The number of anilines is 1. The van der Waals surface area contributed by atoms with Crippen molar-refractivity contribution in [3.8, 4) is 0 Å². The lowest BCUT2D eigenvalue weighted by Crippen LogP contribution is -2.53. The van der Waals surface area contributed by atoms with E-state index in [0.717, 1.165) is 24.3 Å². The number of rotatable bonds is 5. The Hall–Kier alpha value is -1.55. The van der Waals surface area contributed by atoms with Crippen molar-refractivity contribution in [1.82, 2.24) is 10.2 Å². The number of hydrogen-bond acceptors (Lipinski definition) is 3. The highest BCUT2D eigenvalue weighted by Crippen LogP contribution is 2.20. The maximum Gasteiger partial charge on any atom is 0.251 e. The van der Waals surface area contributed by atoms with Gasteiger partial charge >= 0.3 is 0 Å². The zero-order valence-electron chi connectivity index (χ0n) is 14.4. The molecule has 22 heavy (non-hydrogen) atoms. The van der Waals surface area contributed by atoms with E-state index in [-0.39, 0.29) is 11.4 Å². The van der Waals surface area contributed by atoms with E-state index in [2.05, 4.69) is 24.1 Å². The summed E-state index contributed by atoms with van der Waals surface area (Å²) in [5, 5.41) is 3.10. The summed E-state index contributed by atoms with van der Waals surface area (Å²) >= 11 is 0. The average molecular weight is 303 g/mol. The standard InChI is InChI=1S/C18H29N3O/c1-18(2,21-11-6-5-7-12-21)14-19-17(22)15-9-8-10-16(13-15)20(3)4/h8-10,13H,5-7,11-12,14H2,1-4H3,(H,19,22). The summed E-state index contributed by atoms with van der Waals surface area (Å²) in [7, 11) is 3.97. The normalized spacial score (nSPS) is 16.4. The number of nitrogens with one attached hydrogen (secondary N) is 1. The Balaban J connectivity index is 1.95. The fourth-order valence-electron chi connectivity index (χ4n) is 2.94. The first-order chi connectivity index (χ1) is 10.4. The van der Waals surface area contributed by atoms with Gasteiger partial charge in [0, 0.05) is 37.4 Å². The molecule has 1 fully saturated rings. The van der Waals surface area contributed by atoms with Crippen molar-refractivity contribution in [1.29, 1.82) is 0 Å². The van der Waals surface area contributed by atoms with Crippen LogP contribution in [0.3, 0.4) is 0 Å². The van der Waals surface area contributed by atoms with Gasteiger partial charge in [-0.05, 0) is 58.0 Å². The first-order valence-electron chi connectivity index (χ1n) is 8.21. The molecule has 4 nitrogen and oxygen atoms in total. The van der Waals surface area contributed by atoms with Crippen molar-refractivity contribution in [3.63, 3.8) is 0 Å². The minimum absolute atomic E-state index is 0.00813. The predicted octanol–water partition coefficient (Wildman–Crippen LogP) is 2.75. The summed E-state index contributed by atoms with van der Waals surface area (Å²) in [6, 6.07) is 7.74. The van der Waals surface area contributed by atoms with Crippen LogP contribution in [0.5, 0.6) is 0 Å². The van der Waals surface area contributed by atoms with Crippen LogP contribution in [0.25, 0.3) is 0 Å². The van der Waals surface area contributed by atoms with E-state index in [1.807, 2.05) is 43.3 Å². The molecule has 1 amide bonds. The number of amides is 1. The lowest BCUT2D eigenvalue weighted by Gasteiger charge is -2.41. The van der Waals surface area contributed by atoms with Gasteiger partial charge in [0.1, 0.15) is 0 Å². The van der Waals surface area contributed by atoms with Crippen LogP contribution in [0.2, 0.25) is 0 Å². The fourth-order valence-corrected chi connectivity index (χ4v) is 2.94. The third-order valence-corrected chi connectivity index (χ3v) is 4.52. The average Bonchev–Trinajstić information content (AvgIpc) is 2.53. The largest absolute Gasteiger partial charge is 0.378 e. The Morgan fingerprint density at radius 1 is 1.23 bits per heavy atom. The van der Waals surface area contributed by atoms with E-state index in [4.69, 9.17) is 0 Å². The molecule has 2 rings (SSSR count). The number of likely N-dealkylation sites (tertiary alicyclic amines) is 1. The third kappa shape index (κ3) is 4.23. The molecule has 1 aromatic carbocycles. The zero-order valence-corrected chi connectivity index (χ0v) is 14.4. The summed E-state index contributed by atoms with van der Waals surface area (Å²) in [5.41, 5.74) is 1.78. The molecule has 1 aliphatic heterocycles. The number of nitrogens with zero attached hydrogens (tertiary/aromatic N) is 2. The molecule has 0 radical (unpaired) electrons. The van der Waals surface area contributed by atoms with Crippen LogP contribution in [-0.2, 0) is 0 Å². The van der Waals surface area contributed by atoms with Crippen molar-refractivity contribution in [2.45, 2.75) is 38.6 Å². The molecule has 1 N–H and O–H groups in total. The van der Waals surface area contributed by atoms with Gasteiger partial charge in [0.05, 0.1) is 0 Å². The van der Waals surface area contributed by atoms with Crippen LogP contribution in [0.1, 0.15) is 43.5 Å². The lowest BCUT2D eigenvalue weighted by atomic mass is 9.98. The first-order valence-corrected chi connectivity index (χ1v) is 8.21. The Bertz CT molecular complexity index is 505. The Morgan fingerprint density at radius 3 is 2.55 bits per heavy atom.